The molecule has 0 unspecified atom stereocenters. The zero-order valence-electron chi connectivity index (χ0n) is 18.3. The van der Waals surface area contributed by atoms with Crippen LogP contribution in [0.15, 0.2) is 42.0 Å². The van der Waals surface area contributed by atoms with Gasteiger partial charge < -0.3 is 14.2 Å². The number of hydrogen-bond donors (Lipinski definition) is 1. The van der Waals surface area contributed by atoms with Crippen molar-refractivity contribution in [3.8, 4) is 23.3 Å². The van der Waals surface area contributed by atoms with Crippen LogP contribution in [0.4, 0.5) is 5.13 Å². The number of carbonyl (C=O) groups excluding carboxylic acids is 1. The van der Waals surface area contributed by atoms with Gasteiger partial charge in [0.25, 0.3) is 5.91 Å². The smallest absolute Gasteiger partial charge is 0.268 e. The van der Waals surface area contributed by atoms with Crippen LogP contribution >= 0.6 is 34.5 Å². The van der Waals surface area contributed by atoms with Crippen molar-refractivity contribution in [2.24, 2.45) is 0 Å². The van der Waals surface area contributed by atoms with Gasteiger partial charge in [0, 0.05) is 0 Å². The summed E-state index contributed by atoms with van der Waals surface area (Å²) in [5.74, 6) is 0.598. The molecule has 0 aliphatic rings. The normalized spacial score (nSPS) is 11.0. The number of nitrogens with zero attached hydrogens (tertiary/aromatic N) is 3. The summed E-state index contributed by atoms with van der Waals surface area (Å²) in [6.07, 6.45) is 2.10. The predicted molar refractivity (Wildman–Crippen MR) is 132 cm³/mol. The molecule has 0 saturated carbocycles. The van der Waals surface area contributed by atoms with E-state index in [0.29, 0.717) is 39.4 Å². The van der Waals surface area contributed by atoms with Crippen LogP contribution in [0.2, 0.25) is 10.0 Å². The van der Waals surface area contributed by atoms with E-state index in [1.54, 1.807) is 24.3 Å². The largest absolute Gasteiger partial charge is 0.493 e. The summed E-state index contributed by atoms with van der Waals surface area (Å²) in [6, 6.07) is 12.2. The zero-order valence-corrected chi connectivity index (χ0v) is 20.6. The van der Waals surface area contributed by atoms with E-state index in [4.69, 9.17) is 37.4 Å². The highest BCUT2D eigenvalue weighted by Gasteiger charge is 2.16. The summed E-state index contributed by atoms with van der Waals surface area (Å²) in [4.78, 5) is 12.5. The first-order valence-electron chi connectivity index (χ1n) is 10.1. The minimum Gasteiger partial charge on any atom is -0.493 e. The van der Waals surface area contributed by atoms with Gasteiger partial charge in [-0.1, -0.05) is 53.6 Å². The van der Waals surface area contributed by atoms with Gasteiger partial charge in [0.05, 0.1) is 17.2 Å². The van der Waals surface area contributed by atoms with Gasteiger partial charge in [-0.15, -0.1) is 10.2 Å². The average Bonchev–Trinajstić information content (AvgIpc) is 3.29. The maximum absolute atomic E-state index is 12.5. The number of benzene rings is 2. The fourth-order valence-electron chi connectivity index (χ4n) is 2.75. The number of nitrogens with one attached hydrogen (secondary N) is 1. The summed E-state index contributed by atoms with van der Waals surface area (Å²) in [5.41, 5.74) is 0.355. The van der Waals surface area contributed by atoms with Crippen molar-refractivity contribution in [1.29, 1.82) is 5.26 Å². The number of ether oxygens (including phenoxy) is 3. The first kappa shape index (κ1) is 25.3. The van der Waals surface area contributed by atoms with E-state index in [1.165, 1.54) is 24.5 Å². The van der Waals surface area contributed by atoms with E-state index in [2.05, 4.69) is 15.5 Å². The Morgan fingerprint density at radius 2 is 1.91 bits per heavy atom. The average molecular weight is 519 g/mol. The molecule has 176 valence electrons. The van der Waals surface area contributed by atoms with Gasteiger partial charge in [-0.2, -0.15) is 5.26 Å². The molecule has 34 heavy (non-hydrogen) atoms. The molecule has 0 saturated heterocycles. The number of methoxy groups -OCH3 is 1. The number of nitriles is 1. The first-order chi connectivity index (χ1) is 16.4. The Balaban J connectivity index is 1.69. The number of halogens is 2. The Morgan fingerprint density at radius 3 is 2.59 bits per heavy atom. The second kappa shape index (κ2) is 12.2. The predicted octanol–water partition coefficient (Wildman–Crippen LogP) is 5.42. The molecule has 1 amide bonds. The minimum absolute atomic E-state index is 0.131. The van der Waals surface area contributed by atoms with E-state index in [-0.39, 0.29) is 23.8 Å². The highest BCUT2D eigenvalue weighted by Crippen LogP contribution is 2.37. The Bertz CT molecular complexity index is 1240. The maximum Gasteiger partial charge on any atom is 0.268 e. The zero-order chi connectivity index (χ0) is 24.5. The van der Waals surface area contributed by atoms with E-state index < -0.39 is 5.91 Å². The molecular weight excluding hydrogens is 499 g/mol. The number of para-hydroxylation sites is 1. The van der Waals surface area contributed by atoms with Gasteiger partial charge in [0.1, 0.15) is 35.6 Å². The van der Waals surface area contributed by atoms with Gasteiger partial charge >= 0.3 is 0 Å². The molecule has 0 fully saturated rings. The molecule has 0 atom stereocenters. The van der Waals surface area contributed by atoms with Crippen molar-refractivity contribution in [2.75, 3.05) is 25.6 Å². The summed E-state index contributed by atoms with van der Waals surface area (Å²) in [5, 5.41) is 21.7. The van der Waals surface area contributed by atoms with Crippen LogP contribution in [-0.4, -0.2) is 36.4 Å². The molecule has 0 aliphatic heterocycles. The molecule has 1 N–H and O–H groups in total. The minimum atomic E-state index is -0.603. The highest BCUT2D eigenvalue weighted by atomic mass is 35.5. The van der Waals surface area contributed by atoms with Crippen molar-refractivity contribution in [3.05, 3.63) is 62.6 Å². The first-order valence-corrected chi connectivity index (χ1v) is 11.7. The van der Waals surface area contributed by atoms with Crippen LogP contribution in [0.3, 0.4) is 0 Å². The Hall–Kier alpha value is -3.32. The van der Waals surface area contributed by atoms with Crippen molar-refractivity contribution in [1.82, 2.24) is 10.2 Å². The van der Waals surface area contributed by atoms with Gasteiger partial charge in [-0.25, -0.2) is 0 Å². The number of amides is 1. The molecule has 0 aliphatic carbocycles. The van der Waals surface area contributed by atoms with E-state index >= 15 is 0 Å². The van der Waals surface area contributed by atoms with Crippen LogP contribution in [0.1, 0.15) is 17.5 Å². The second-order valence-electron chi connectivity index (χ2n) is 6.64. The summed E-state index contributed by atoms with van der Waals surface area (Å²) in [7, 11) is 1.46. The number of aryl methyl sites for hydroxylation is 1. The summed E-state index contributed by atoms with van der Waals surface area (Å²) in [6.45, 7) is 2.35. The third kappa shape index (κ3) is 6.60. The molecule has 0 spiro atoms. The fraction of sp³-hybridized carbons (Fsp3) is 0.217. The van der Waals surface area contributed by atoms with Crippen LogP contribution in [0, 0.1) is 11.3 Å². The van der Waals surface area contributed by atoms with Crippen LogP contribution in [0.25, 0.3) is 6.08 Å². The highest BCUT2D eigenvalue weighted by molar-refractivity contribution is 7.15. The third-order valence-electron chi connectivity index (χ3n) is 4.34. The fourth-order valence-corrected chi connectivity index (χ4v) is 3.89. The molecule has 3 aromatic rings. The lowest BCUT2D eigenvalue weighted by Gasteiger charge is -2.14. The summed E-state index contributed by atoms with van der Waals surface area (Å²) < 4.78 is 16.7. The Kier molecular flexibility index (Phi) is 9.10. The van der Waals surface area contributed by atoms with Crippen LogP contribution < -0.4 is 19.5 Å². The monoisotopic (exact) mass is 518 g/mol. The second-order valence-corrected chi connectivity index (χ2v) is 8.52. The number of anilines is 1. The molecule has 1 heterocycles. The lowest BCUT2D eigenvalue weighted by molar-refractivity contribution is -0.112. The van der Waals surface area contributed by atoms with Gasteiger partial charge in [-0.05, 0) is 42.3 Å². The van der Waals surface area contributed by atoms with Gasteiger partial charge in [0.15, 0.2) is 11.5 Å². The quantitative estimate of drug-likeness (QED) is 0.217. The molecule has 8 nitrogen and oxygen atoms in total. The van der Waals surface area contributed by atoms with Gasteiger partial charge in [0.2, 0.25) is 5.13 Å². The molecule has 2 aromatic carbocycles. The molecular formula is C23H20Cl2N4O4S. The number of hydrogen-bond acceptors (Lipinski definition) is 8. The van der Waals surface area contributed by atoms with Gasteiger partial charge in [-0.3, -0.25) is 10.1 Å². The maximum atomic E-state index is 12.5. The molecule has 0 bridgehead atoms. The summed E-state index contributed by atoms with van der Waals surface area (Å²) >= 11 is 13.7. The lowest BCUT2D eigenvalue weighted by atomic mass is 10.1. The Morgan fingerprint density at radius 1 is 1.15 bits per heavy atom. The Labute approximate surface area is 210 Å². The number of carbonyl (C=O) groups is 1. The van der Waals surface area contributed by atoms with Crippen molar-refractivity contribution in [2.45, 2.75) is 13.3 Å². The standard InChI is InChI=1S/C23H20Cl2N4O4S/c1-3-20-28-29-23(34-20)27-22(30)15(13-26)10-14-11-17(25)21(19(12-14)31-2)33-9-8-32-18-7-5-4-6-16(18)24/h4-7,10-12H,3,8-9H2,1-2H3,(H,27,29,30)/b15-10-. The lowest BCUT2D eigenvalue weighted by Crippen LogP contribution is -2.13. The van der Waals surface area contributed by atoms with Crippen LogP contribution in [0.5, 0.6) is 17.2 Å². The SMILES string of the molecule is CCc1nnc(NC(=O)/C(C#N)=C\c2cc(Cl)c(OCCOc3ccccc3Cl)c(OC)c2)s1. The van der Waals surface area contributed by atoms with Crippen LogP contribution in [-0.2, 0) is 11.2 Å². The van der Waals surface area contributed by atoms with E-state index in [1.807, 2.05) is 25.1 Å². The third-order valence-corrected chi connectivity index (χ3v) is 5.92. The number of aromatic nitrogens is 2. The molecule has 11 heteroatoms. The molecule has 1 aromatic heterocycles. The van der Waals surface area contributed by atoms with E-state index in [9.17, 15) is 10.1 Å². The number of rotatable bonds is 10. The van der Waals surface area contributed by atoms with Crippen molar-refractivity contribution < 1.29 is 19.0 Å². The van der Waals surface area contributed by atoms with Crippen molar-refractivity contribution in [3.63, 3.8) is 0 Å². The topological polar surface area (TPSA) is 106 Å². The van der Waals surface area contributed by atoms with E-state index in [0.717, 1.165) is 5.01 Å². The van der Waals surface area contributed by atoms with Crippen molar-refractivity contribution >= 4 is 51.7 Å². The molecule has 0 radical (unpaired) electrons. The molecule has 3 rings (SSSR count).